The lowest BCUT2D eigenvalue weighted by Crippen LogP contribution is -2.19. The highest BCUT2D eigenvalue weighted by atomic mass is 33.1. The van der Waals surface area contributed by atoms with Gasteiger partial charge in [0.1, 0.15) is 5.25 Å². The Morgan fingerprint density at radius 2 is 2.00 bits per heavy atom. The smallest absolute Gasteiger partial charge is 0.319 e. The first-order valence-electron chi connectivity index (χ1n) is 4.00. The summed E-state index contributed by atoms with van der Waals surface area (Å²) in [4.78, 5) is 11.0. The molecule has 0 bridgehead atoms. The molecular weight excluding hydrogens is 212 g/mol. The first kappa shape index (κ1) is 12.8. The third kappa shape index (κ3) is 5.15. The molecule has 0 radical (unpaired) electrons. The lowest BCUT2D eigenvalue weighted by atomic mass is 10.5. The topological polar surface area (TPSA) is 60.4 Å². The summed E-state index contributed by atoms with van der Waals surface area (Å²) in [6.45, 7) is 5.02. The maximum absolute atomic E-state index is 11.1. The van der Waals surface area contributed by atoms with Gasteiger partial charge in [0.25, 0.3) is 0 Å². The molecule has 0 fully saturated rings. The van der Waals surface area contributed by atoms with Gasteiger partial charge in [-0.3, -0.25) is 4.79 Å². The van der Waals surface area contributed by atoms with Crippen molar-refractivity contribution in [3.05, 3.63) is 0 Å². The molecule has 4 nitrogen and oxygen atoms in total. The van der Waals surface area contributed by atoms with Gasteiger partial charge in [0.15, 0.2) is 0 Å². The van der Waals surface area contributed by atoms with E-state index >= 15 is 0 Å². The van der Waals surface area contributed by atoms with Gasteiger partial charge < -0.3 is 4.74 Å². The maximum atomic E-state index is 11.1. The van der Waals surface area contributed by atoms with E-state index in [1.807, 2.05) is 0 Å². The van der Waals surface area contributed by atoms with Crippen molar-refractivity contribution < 1.29 is 17.9 Å². The van der Waals surface area contributed by atoms with E-state index in [0.29, 0.717) is 10.8 Å². The Hall–Kier alpha value is -0.230. The number of hydrogen-bond acceptors (Lipinski definition) is 5. The normalized spacial score (nSPS) is 13.8. The monoisotopic (exact) mass is 226 g/mol. The van der Waals surface area contributed by atoms with Crippen LogP contribution in [-0.4, -0.2) is 32.0 Å². The van der Waals surface area contributed by atoms with Crippen molar-refractivity contribution in [3.63, 3.8) is 0 Å². The minimum absolute atomic E-state index is 0.0292. The van der Waals surface area contributed by atoms with Crippen molar-refractivity contribution in [3.8, 4) is 0 Å². The van der Waals surface area contributed by atoms with Crippen LogP contribution in [0, 0.1) is 0 Å². The fourth-order valence-electron chi connectivity index (χ4n) is 0.587. The van der Waals surface area contributed by atoms with Crippen molar-refractivity contribution in [2.45, 2.75) is 26.0 Å². The molecule has 0 amide bonds. The van der Waals surface area contributed by atoms with E-state index in [1.54, 1.807) is 13.8 Å². The molecule has 0 aliphatic carbocycles. The number of hydrogen-bond donors (Lipinski definition) is 0. The Labute approximate surface area is 82.4 Å². The maximum Gasteiger partial charge on any atom is 0.319 e. The summed E-state index contributed by atoms with van der Waals surface area (Å²) in [5.41, 5.74) is 0. The average molecular weight is 226 g/mol. The summed E-state index contributed by atoms with van der Waals surface area (Å²) in [6, 6.07) is 0. The highest BCUT2D eigenvalue weighted by molar-refractivity contribution is 8.72. The number of esters is 1. The van der Waals surface area contributed by atoms with Crippen molar-refractivity contribution in [2.75, 3.05) is 12.4 Å². The lowest BCUT2D eigenvalue weighted by molar-refractivity contribution is -0.142. The standard InChI is InChI=1S/C7H14O4S2/c1-4-11-7(8)6(3)12-13(9,10)5-2/h6H,4-5H2,1-3H3. The summed E-state index contributed by atoms with van der Waals surface area (Å²) in [6.07, 6.45) is 0. The molecular formula is C7H14O4S2. The Morgan fingerprint density at radius 1 is 1.46 bits per heavy atom. The summed E-state index contributed by atoms with van der Waals surface area (Å²) in [5.74, 6) is -0.453. The number of carbonyl (C=O) groups is 1. The second kappa shape index (κ2) is 5.49. The van der Waals surface area contributed by atoms with Crippen molar-refractivity contribution in [2.24, 2.45) is 0 Å². The molecule has 6 heteroatoms. The fourth-order valence-corrected chi connectivity index (χ4v) is 3.27. The molecule has 0 aromatic heterocycles. The van der Waals surface area contributed by atoms with E-state index in [0.717, 1.165) is 0 Å². The second-order valence-corrected chi connectivity index (χ2v) is 7.03. The van der Waals surface area contributed by atoms with Crippen LogP contribution >= 0.6 is 10.8 Å². The molecule has 0 rings (SSSR count). The van der Waals surface area contributed by atoms with Crippen LogP contribution in [0.2, 0.25) is 0 Å². The summed E-state index contributed by atoms with van der Waals surface area (Å²) in [5, 5.41) is -0.648. The first-order valence-corrected chi connectivity index (χ1v) is 7.05. The molecule has 0 aliphatic heterocycles. The molecule has 0 heterocycles. The van der Waals surface area contributed by atoms with Gasteiger partial charge in [0.05, 0.1) is 12.4 Å². The SMILES string of the molecule is CCOC(=O)C(C)SS(=O)(=O)CC. The highest BCUT2D eigenvalue weighted by Crippen LogP contribution is 2.20. The molecule has 78 valence electrons. The summed E-state index contributed by atoms with van der Waals surface area (Å²) < 4.78 is 26.8. The molecule has 0 aromatic rings. The van der Waals surface area contributed by atoms with Crippen LogP contribution in [0.25, 0.3) is 0 Å². The number of carbonyl (C=O) groups excluding carboxylic acids is 1. The lowest BCUT2D eigenvalue weighted by Gasteiger charge is -2.08. The molecule has 1 unspecified atom stereocenters. The van der Waals surface area contributed by atoms with Crippen LogP contribution in [0.5, 0.6) is 0 Å². The number of rotatable bonds is 5. The van der Waals surface area contributed by atoms with Gasteiger partial charge in [-0.25, -0.2) is 8.42 Å². The molecule has 0 saturated carbocycles. The molecule has 1 atom stereocenters. The van der Waals surface area contributed by atoms with Crippen LogP contribution in [0.1, 0.15) is 20.8 Å². The van der Waals surface area contributed by atoms with Gasteiger partial charge in [0, 0.05) is 0 Å². The highest BCUT2D eigenvalue weighted by Gasteiger charge is 2.21. The minimum Gasteiger partial charge on any atom is -0.465 e. The van der Waals surface area contributed by atoms with E-state index in [2.05, 4.69) is 4.74 Å². The number of ether oxygens (including phenoxy) is 1. The quantitative estimate of drug-likeness (QED) is 0.517. The summed E-state index contributed by atoms with van der Waals surface area (Å²) in [7, 11) is -2.52. The third-order valence-electron chi connectivity index (χ3n) is 1.26. The minimum atomic E-state index is -3.17. The zero-order valence-corrected chi connectivity index (χ0v) is 9.57. The van der Waals surface area contributed by atoms with E-state index in [1.165, 1.54) is 6.92 Å². The first-order chi connectivity index (χ1) is 5.93. The van der Waals surface area contributed by atoms with Crippen LogP contribution in [0.3, 0.4) is 0 Å². The van der Waals surface area contributed by atoms with Gasteiger partial charge in [-0.15, -0.1) is 0 Å². The van der Waals surface area contributed by atoms with Crippen LogP contribution < -0.4 is 0 Å². The molecule has 0 aliphatic rings. The van der Waals surface area contributed by atoms with Gasteiger partial charge in [0.2, 0.25) is 8.87 Å². The predicted molar refractivity (Wildman–Crippen MR) is 53.1 cm³/mol. The Kier molecular flexibility index (Phi) is 5.39. The molecule has 0 aromatic carbocycles. The average Bonchev–Trinajstić information content (AvgIpc) is 2.04. The molecule has 0 N–H and O–H groups in total. The zero-order valence-electron chi connectivity index (χ0n) is 7.94. The van der Waals surface area contributed by atoms with E-state index < -0.39 is 20.1 Å². The van der Waals surface area contributed by atoms with Crippen LogP contribution in [0.4, 0.5) is 0 Å². The van der Waals surface area contributed by atoms with E-state index in [-0.39, 0.29) is 12.4 Å². The van der Waals surface area contributed by atoms with Gasteiger partial charge in [-0.05, 0) is 24.6 Å². The Bertz CT molecular complexity index is 258. The molecule has 13 heavy (non-hydrogen) atoms. The van der Waals surface area contributed by atoms with E-state index in [4.69, 9.17) is 0 Å². The largest absolute Gasteiger partial charge is 0.465 e. The van der Waals surface area contributed by atoms with Crippen molar-refractivity contribution >= 4 is 25.6 Å². The van der Waals surface area contributed by atoms with Crippen LogP contribution in [-0.2, 0) is 18.4 Å². The zero-order chi connectivity index (χ0) is 10.5. The van der Waals surface area contributed by atoms with Gasteiger partial charge in [-0.2, -0.15) is 0 Å². The third-order valence-corrected chi connectivity index (χ3v) is 5.20. The van der Waals surface area contributed by atoms with Gasteiger partial charge >= 0.3 is 5.97 Å². The Balaban J connectivity index is 4.15. The molecule has 0 saturated heterocycles. The molecule has 0 spiro atoms. The van der Waals surface area contributed by atoms with E-state index in [9.17, 15) is 13.2 Å². The predicted octanol–water partition coefficient (Wildman–Crippen LogP) is 1.02. The summed E-state index contributed by atoms with van der Waals surface area (Å²) >= 11 is 0. The van der Waals surface area contributed by atoms with Crippen molar-refractivity contribution in [1.82, 2.24) is 0 Å². The van der Waals surface area contributed by atoms with Crippen LogP contribution in [0.15, 0.2) is 0 Å². The second-order valence-electron chi connectivity index (χ2n) is 2.34. The van der Waals surface area contributed by atoms with Gasteiger partial charge in [-0.1, -0.05) is 6.92 Å². The Morgan fingerprint density at radius 3 is 2.38 bits per heavy atom. The fraction of sp³-hybridized carbons (Fsp3) is 0.857. The van der Waals surface area contributed by atoms with Crippen molar-refractivity contribution in [1.29, 1.82) is 0 Å².